The van der Waals surface area contributed by atoms with Gasteiger partial charge in [-0.1, -0.05) is 11.6 Å². The fourth-order valence-corrected chi connectivity index (χ4v) is 2.42. The van der Waals surface area contributed by atoms with Crippen LogP contribution in [-0.4, -0.2) is 29.1 Å². The van der Waals surface area contributed by atoms with Crippen LogP contribution in [0.2, 0.25) is 5.02 Å². The summed E-state index contributed by atoms with van der Waals surface area (Å²) >= 11 is 5.97. The molecule has 0 radical (unpaired) electrons. The standard InChI is InChI=1S/C16H21ClN4O2.2ClH/c1-11-19-6-8-21(11)7-4-3-5-20-16(22)12-9-13(17)14(18)10-15(12)23-2;;/h6,8-10H,3-5,7,18H2,1-2H3,(H,20,22);2*1H. The van der Waals surface area contributed by atoms with E-state index in [2.05, 4.69) is 14.9 Å². The second kappa shape index (κ2) is 11.1. The summed E-state index contributed by atoms with van der Waals surface area (Å²) in [5.41, 5.74) is 6.48. The number of hydrogen-bond donors (Lipinski definition) is 2. The highest BCUT2D eigenvalue weighted by atomic mass is 35.5. The Hall–Kier alpha value is -1.63. The third-order valence-corrected chi connectivity index (χ3v) is 3.93. The first-order valence-electron chi connectivity index (χ1n) is 7.42. The third-order valence-electron chi connectivity index (χ3n) is 3.60. The maximum Gasteiger partial charge on any atom is 0.255 e. The van der Waals surface area contributed by atoms with Gasteiger partial charge < -0.3 is 20.4 Å². The van der Waals surface area contributed by atoms with Gasteiger partial charge in [0.2, 0.25) is 0 Å². The number of carbonyl (C=O) groups excluding carboxylic acids is 1. The van der Waals surface area contributed by atoms with Gasteiger partial charge in [-0.2, -0.15) is 0 Å². The lowest BCUT2D eigenvalue weighted by atomic mass is 10.1. The summed E-state index contributed by atoms with van der Waals surface area (Å²) in [5.74, 6) is 1.19. The number of amides is 1. The van der Waals surface area contributed by atoms with Crippen LogP contribution in [0.3, 0.4) is 0 Å². The second-order valence-corrected chi connectivity index (χ2v) is 5.61. The van der Waals surface area contributed by atoms with Crippen molar-refractivity contribution < 1.29 is 9.53 Å². The van der Waals surface area contributed by atoms with Crippen LogP contribution in [-0.2, 0) is 6.54 Å². The van der Waals surface area contributed by atoms with E-state index in [4.69, 9.17) is 22.1 Å². The van der Waals surface area contributed by atoms with Crippen LogP contribution in [0, 0.1) is 6.92 Å². The number of methoxy groups -OCH3 is 1. The quantitative estimate of drug-likeness (QED) is 0.542. The predicted octanol–water partition coefficient (Wildman–Crippen LogP) is 3.49. The Morgan fingerprint density at radius 2 is 2.08 bits per heavy atom. The number of aryl methyl sites for hydroxylation is 2. The molecule has 25 heavy (non-hydrogen) atoms. The molecule has 0 bridgehead atoms. The first kappa shape index (κ1) is 23.4. The van der Waals surface area contributed by atoms with Gasteiger partial charge in [-0.05, 0) is 25.8 Å². The van der Waals surface area contributed by atoms with E-state index in [0.717, 1.165) is 25.2 Å². The third kappa shape index (κ3) is 6.30. The number of anilines is 1. The summed E-state index contributed by atoms with van der Waals surface area (Å²) in [6.45, 7) is 3.44. The zero-order valence-electron chi connectivity index (χ0n) is 14.1. The van der Waals surface area contributed by atoms with Crippen LogP contribution >= 0.6 is 36.4 Å². The van der Waals surface area contributed by atoms with Gasteiger partial charge in [0.25, 0.3) is 5.91 Å². The van der Waals surface area contributed by atoms with Crippen LogP contribution < -0.4 is 15.8 Å². The molecule has 0 atom stereocenters. The normalized spacial score (nSPS) is 9.72. The molecule has 1 aromatic carbocycles. The number of nitrogens with two attached hydrogens (primary N) is 1. The molecule has 0 saturated heterocycles. The first-order valence-corrected chi connectivity index (χ1v) is 7.79. The number of carbonyl (C=O) groups is 1. The molecule has 0 fully saturated rings. The molecule has 2 rings (SSSR count). The Labute approximate surface area is 164 Å². The number of imidazole rings is 1. The first-order chi connectivity index (χ1) is 11.0. The summed E-state index contributed by atoms with van der Waals surface area (Å²) in [4.78, 5) is 16.4. The van der Waals surface area contributed by atoms with E-state index in [9.17, 15) is 4.79 Å². The molecule has 140 valence electrons. The average Bonchev–Trinajstić information content (AvgIpc) is 2.94. The average molecular weight is 410 g/mol. The maximum absolute atomic E-state index is 12.2. The molecular formula is C16H23Cl3N4O2. The Bertz CT molecular complexity index is 692. The fraction of sp³-hybridized carbons (Fsp3) is 0.375. The van der Waals surface area contributed by atoms with Gasteiger partial charge in [-0.3, -0.25) is 4.79 Å². The van der Waals surface area contributed by atoms with Crippen LogP contribution in [0.25, 0.3) is 0 Å². The number of aromatic nitrogens is 2. The lowest BCUT2D eigenvalue weighted by Gasteiger charge is -2.11. The van der Waals surface area contributed by atoms with Crippen molar-refractivity contribution in [2.45, 2.75) is 26.3 Å². The molecule has 0 aliphatic rings. The van der Waals surface area contributed by atoms with Crippen LogP contribution in [0.5, 0.6) is 5.75 Å². The van der Waals surface area contributed by atoms with Gasteiger partial charge in [0, 0.05) is 31.5 Å². The summed E-state index contributed by atoms with van der Waals surface area (Å²) < 4.78 is 7.27. The molecule has 0 aliphatic carbocycles. The Morgan fingerprint density at radius 1 is 1.36 bits per heavy atom. The zero-order valence-corrected chi connectivity index (χ0v) is 16.5. The largest absolute Gasteiger partial charge is 0.496 e. The molecule has 3 N–H and O–H groups in total. The lowest BCUT2D eigenvalue weighted by molar-refractivity contribution is 0.0950. The van der Waals surface area contributed by atoms with E-state index in [1.54, 1.807) is 12.3 Å². The number of rotatable bonds is 7. The molecule has 0 spiro atoms. The molecule has 6 nitrogen and oxygen atoms in total. The van der Waals surface area contributed by atoms with E-state index in [1.165, 1.54) is 13.2 Å². The highest BCUT2D eigenvalue weighted by Crippen LogP contribution is 2.28. The maximum atomic E-state index is 12.2. The van der Waals surface area contributed by atoms with Crippen molar-refractivity contribution >= 4 is 48.0 Å². The van der Waals surface area contributed by atoms with E-state index in [-0.39, 0.29) is 30.7 Å². The molecule has 0 unspecified atom stereocenters. The molecule has 1 heterocycles. The number of halogens is 3. The Morgan fingerprint density at radius 3 is 2.68 bits per heavy atom. The fourth-order valence-electron chi connectivity index (χ4n) is 2.26. The highest BCUT2D eigenvalue weighted by Gasteiger charge is 2.14. The minimum absolute atomic E-state index is 0. The van der Waals surface area contributed by atoms with E-state index >= 15 is 0 Å². The van der Waals surface area contributed by atoms with Crippen molar-refractivity contribution in [3.05, 3.63) is 40.9 Å². The van der Waals surface area contributed by atoms with Gasteiger partial charge in [0.1, 0.15) is 11.6 Å². The Kier molecular flexibility index (Phi) is 10.4. The molecule has 1 aromatic heterocycles. The van der Waals surface area contributed by atoms with Gasteiger partial charge >= 0.3 is 0 Å². The van der Waals surface area contributed by atoms with Gasteiger partial charge in [0.15, 0.2) is 0 Å². The number of hydrogen-bond acceptors (Lipinski definition) is 4. The number of ether oxygens (including phenoxy) is 1. The van der Waals surface area contributed by atoms with Crippen molar-refractivity contribution in [3.8, 4) is 5.75 Å². The van der Waals surface area contributed by atoms with Crippen LogP contribution in [0.4, 0.5) is 5.69 Å². The van der Waals surface area contributed by atoms with Crippen molar-refractivity contribution in [1.29, 1.82) is 0 Å². The molecule has 1 amide bonds. The monoisotopic (exact) mass is 408 g/mol. The number of benzene rings is 1. The van der Waals surface area contributed by atoms with Gasteiger partial charge in [-0.15, -0.1) is 24.8 Å². The van der Waals surface area contributed by atoms with Crippen molar-refractivity contribution in [1.82, 2.24) is 14.9 Å². The smallest absolute Gasteiger partial charge is 0.255 e. The predicted molar refractivity (Wildman–Crippen MR) is 105 cm³/mol. The van der Waals surface area contributed by atoms with Crippen molar-refractivity contribution in [3.63, 3.8) is 0 Å². The van der Waals surface area contributed by atoms with Gasteiger partial charge in [0.05, 0.1) is 23.4 Å². The number of nitrogen functional groups attached to an aromatic ring is 1. The molecule has 2 aromatic rings. The number of nitrogens with zero attached hydrogens (tertiary/aromatic N) is 2. The molecule has 9 heteroatoms. The van der Waals surface area contributed by atoms with E-state index in [1.807, 2.05) is 13.1 Å². The SMILES string of the molecule is COc1cc(N)c(Cl)cc1C(=O)NCCCCn1ccnc1C.Cl.Cl. The van der Waals surface area contributed by atoms with E-state index in [0.29, 0.717) is 28.6 Å². The minimum atomic E-state index is -0.220. The number of unbranched alkanes of at least 4 members (excludes halogenated alkanes) is 1. The van der Waals surface area contributed by atoms with Crippen LogP contribution in [0.15, 0.2) is 24.5 Å². The summed E-state index contributed by atoms with van der Waals surface area (Å²) in [6.07, 6.45) is 5.56. The van der Waals surface area contributed by atoms with Crippen LogP contribution in [0.1, 0.15) is 29.0 Å². The summed E-state index contributed by atoms with van der Waals surface area (Å²) in [6, 6.07) is 3.08. The zero-order chi connectivity index (χ0) is 16.8. The summed E-state index contributed by atoms with van der Waals surface area (Å²) in [7, 11) is 1.49. The molecule has 0 saturated carbocycles. The molecular weight excluding hydrogens is 387 g/mol. The summed E-state index contributed by atoms with van der Waals surface area (Å²) in [5, 5.41) is 3.21. The van der Waals surface area contributed by atoms with Crippen molar-refractivity contribution in [2.24, 2.45) is 0 Å². The topological polar surface area (TPSA) is 82.2 Å². The van der Waals surface area contributed by atoms with E-state index < -0.39 is 0 Å². The molecule has 0 aliphatic heterocycles. The lowest BCUT2D eigenvalue weighted by Crippen LogP contribution is -2.25. The van der Waals surface area contributed by atoms with Crippen molar-refractivity contribution in [2.75, 3.05) is 19.4 Å². The second-order valence-electron chi connectivity index (χ2n) is 5.20. The number of nitrogens with one attached hydrogen (secondary N) is 1. The minimum Gasteiger partial charge on any atom is -0.496 e. The highest BCUT2D eigenvalue weighted by molar-refractivity contribution is 6.33. The Balaban J connectivity index is 0.00000288. The van der Waals surface area contributed by atoms with Gasteiger partial charge in [-0.25, -0.2) is 4.98 Å².